The first-order valence-corrected chi connectivity index (χ1v) is 8.49. The molecule has 0 spiro atoms. The van der Waals surface area contributed by atoms with Crippen molar-refractivity contribution in [2.24, 2.45) is 0 Å². The Kier molecular flexibility index (Phi) is 6.13. The summed E-state index contributed by atoms with van der Waals surface area (Å²) in [6.07, 6.45) is 1.26. The quantitative estimate of drug-likeness (QED) is 0.629. The number of pyridine rings is 1. The third-order valence-electron chi connectivity index (χ3n) is 3.69. The van der Waals surface area contributed by atoms with Crippen LogP contribution >= 0.6 is 11.6 Å². The molecule has 11 heteroatoms. The normalized spacial score (nSPS) is 10.8. The fourth-order valence-corrected chi connectivity index (χ4v) is 2.63. The molecule has 0 radical (unpaired) electrons. The maximum absolute atomic E-state index is 13.1. The SMILES string of the molecule is Nc1nc(-c2ccc(F)cc2)c(Cl)nc1CNC(=O)c1ncccc1OC(F)F. The summed E-state index contributed by atoms with van der Waals surface area (Å²) >= 11 is 6.14. The summed E-state index contributed by atoms with van der Waals surface area (Å²) in [5, 5.41) is 2.44. The van der Waals surface area contributed by atoms with Crippen LogP contribution in [0.5, 0.6) is 5.75 Å². The highest BCUT2D eigenvalue weighted by Gasteiger charge is 2.18. The molecule has 0 aliphatic rings. The van der Waals surface area contributed by atoms with Crippen LogP contribution in [0.3, 0.4) is 0 Å². The Hall–Kier alpha value is -3.40. The van der Waals surface area contributed by atoms with Crippen LogP contribution in [0.15, 0.2) is 42.6 Å². The molecule has 3 rings (SSSR count). The highest BCUT2D eigenvalue weighted by molar-refractivity contribution is 6.31. The van der Waals surface area contributed by atoms with Gasteiger partial charge in [0.1, 0.15) is 23.0 Å². The van der Waals surface area contributed by atoms with Crippen LogP contribution in [0.4, 0.5) is 19.0 Å². The average molecular weight is 424 g/mol. The Morgan fingerprint density at radius 1 is 1.21 bits per heavy atom. The zero-order chi connectivity index (χ0) is 21.0. The Balaban J connectivity index is 1.77. The van der Waals surface area contributed by atoms with E-state index in [1.807, 2.05) is 0 Å². The van der Waals surface area contributed by atoms with Crippen LogP contribution < -0.4 is 15.8 Å². The number of hydrogen-bond acceptors (Lipinski definition) is 6. The summed E-state index contributed by atoms with van der Waals surface area (Å²) in [5.74, 6) is -1.58. The highest BCUT2D eigenvalue weighted by Crippen LogP contribution is 2.26. The van der Waals surface area contributed by atoms with E-state index in [0.717, 1.165) is 0 Å². The molecule has 0 aliphatic carbocycles. The molecule has 29 heavy (non-hydrogen) atoms. The van der Waals surface area contributed by atoms with Crippen LogP contribution in [0.1, 0.15) is 16.2 Å². The zero-order valence-corrected chi connectivity index (χ0v) is 15.3. The molecule has 0 unspecified atom stereocenters. The van der Waals surface area contributed by atoms with Gasteiger partial charge in [-0.3, -0.25) is 4.79 Å². The monoisotopic (exact) mass is 423 g/mol. The van der Waals surface area contributed by atoms with Crippen LogP contribution in [-0.4, -0.2) is 27.5 Å². The molecule has 1 amide bonds. The van der Waals surface area contributed by atoms with Gasteiger partial charge < -0.3 is 15.8 Å². The van der Waals surface area contributed by atoms with Crippen LogP contribution in [0.2, 0.25) is 5.15 Å². The van der Waals surface area contributed by atoms with Crippen LogP contribution in [0, 0.1) is 5.82 Å². The molecule has 0 atom stereocenters. The second-order valence-electron chi connectivity index (χ2n) is 5.61. The van der Waals surface area contributed by atoms with E-state index in [1.54, 1.807) is 0 Å². The minimum Gasteiger partial charge on any atom is -0.432 e. The first-order valence-electron chi connectivity index (χ1n) is 8.11. The summed E-state index contributed by atoms with van der Waals surface area (Å²) in [6.45, 7) is -3.30. The number of nitrogens with two attached hydrogens (primary N) is 1. The smallest absolute Gasteiger partial charge is 0.387 e. The Labute approximate surface area is 167 Å². The van der Waals surface area contributed by atoms with Gasteiger partial charge in [0, 0.05) is 11.8 Å². The van der Waals surface area contributed by atoms with Crippen molar-refractivity contribution in [3.63, 3.8) is 0 Å². The van der Waals surface area contributed by atoms with Gasteiger partial charge in [0.05, 0.1) is 6.54 Å². The first kappa shape index (κ1) is 20.3. The predicted octanol–water partition coefficient (Wildman–Crippen LogP) is 3.44. The number of benzene rings is 1. The number of ether oxygens (including phenoxy) is 1. The second kappa shape index (κ2) is 8.74. The van der Waals surface area contributed by atoms with Gasteiger partial charge in [-0.25, -0.2) is 19.3 Å². The molecular formula is C18H13ClF3N5O2. The number of carbonyl (C=O) groups is 1. The first-order chi connectivity index (χ1) is 13.8. The molecule has 1 aromatic carbocycles. The molecule has 0 bridgehead atoms. The lowest BCUT2D eigenvalue weighted by atomic mass is 10.1. The van der Waals surface area contributed by atoms with E-state index in [4.69, 9.17) is 17.3 Å². The maximum atomic E-state index is 13.1. The Morgan fingerprint density at radius 2 is 1.93 bits per heavy atom. The van der Waals surface area contributed by atoms with Gasteiger partial charge in [-0.15, -0.1) is 0 Å². The molecule has 2 heterocycles. The van der Waals surface area contributed by atoms with Gasteiger partial charge in [0.2, 0.25) is 0 Å². The molecule has 2 aromatic heterocycles. The third kappa shape index (κ3) is 4.91. The molecule has 0 saturated carbocycles. The number of nitrogens with one attached hydrogen (secondary N) is 1. The molecular weight excluding hydrogens is 411 g/mol. The molecule has 0 aliphatic heterocycles. The van der Waals surface area contributed by atoms with Gasteiger partial charge >= 0.3 is 6.61 Å². The van der Waals surface area contributed by atoms with Crippen molar-refractivity contribution < 1.29 is 22.7 Å². The van der Waals surface area contributed by atoms with Crippen LogP contribution in [-0.2, 0) is 6.54 Å². The fourth-order valence-electron chi connectivity index (χ4n) is 2.38. The minimum atomic E-state index is -3.11. The number of hydrogen-bond donors (Lipinski definition) is 2. The van der Waals surface area contributed by atoms with Crippen molar-refractivity contribution in [3.8, 4) is 17.0 Å². The number of aromatic nitrogens is 3. The number of rotatable bonds is 6. The number of nitrogens with zero attached hydrogens (tertiary/aromatic N) is 3. The maximum Gasteiger partial charge on any atom is 0.387 e. The molecule has 3 N–H and O–H groups in total. The molecule has 0 saturated heterocycles. The van der Waals surface area contributed by atoms with E-state index in [2.05, 4.69) is 25.0 Å². The summed E-state index contributed by atoms with van der Waals surface area (Å²) < 4.78 is 42.3. The highest BCUT2D eigenvalue weighted by atomic mass is 35.5. The third-order valence-corrected chi connectivity index (χ3v) is 3.96. The standard InChI is InChI=1S/C18H13ClF3N5O2/c19-15-13(9-3-5-10(20)6-4-9)27-16(23)11(26-15)8-25-17(28)14-12(29-18(21)22)2-1-7-24-14/h1-7,18H,8H2,(H2,23,27)(H,25,28). The van der Waals surface area contributed by atoms with Crippen molar-refractivity contribution in [1.29, 1.82) is 0 Å². The molecule has 0 fully saturated rings. The summed E-state index contributed by atoms with van der Waals surface area (Å²) in [4.78, 5) is 24.3. The Morgan fingerprint density at radius 3 is 2.62 bits per heavy atom. The van der Waals surface area contributed by atoms with Crippen molar-refractivity contribution in [2.45, 2.75) is 13.2 Å². The van der Waals surface area contributed by atoms with Crippen molar-refractivity contribution in [3.05, 3.63) is 65.0 Å². The average Bonchev–Trinajstić information content (AvgIpc) is 2.69. The minimum absolute atomic E-state index is 0.00499. The van der Waals surface area contributed by atoms with Gasteiger partial charge in [-0.2, -0.15) is 8.78 Å². The largest absolute Gasteiger partial charge is 0.432 e. The number of carbonyl (C=O) groups excluding carboxylic acids is 1. The topological polar surface area (TPSA) is 103 Å². The zero-order valence-electron chi connectivity index (χ0n) is 14.6. The molecule has 150 valence electrons. The molecule has 3 aromatic rings. The van der Waals surface area contributed by atoms with Gasteiger partial charge in [-0.05, 0) is 36.4 Å². The Bertz CT molecular complexity index is 1030. The lowest BCUT2D eigenvalue weighted by Crippen LogP contribution is -2.26. The van der Waals surface area contributed by atoms with Gasteiger partial charge in [0.15, 0.2) is 16.6 Å². The second-order valence-corrected chi connectivity index (χ2v) is 5.97. The van der Waals surface area contributed by atoms with E-state index in [0.29, 0.717) is 5.56 Å². The lowest BCUT2D eigenvalue weighted by molar-refractivity contribution is -0.0504. The molecule has 7 nitrogen and oxygen atoms in total. The number of amides is 1. The van der Waals surface area contributed by atoms with E-state index in [1.165, 1.54) is 42.6 Å². The predicted molar refractivity (Wildman–Crippen MR) is 98.9 cm³/mol. The fraction of sp³-hybridized carbons (Fsp3) is 0.111. The number of nitrogen functional groups attached to an aromatic ring is 1. The lowest BCUT2D eigenvalue weighted by Gasteiger charge is -2.11. The van der Waals surface area contributed by atoms with E-state index in [-0.39, 0.29) is 40.3 Å². The van der Waals surface area contributed by atoms with E-state index >= 15 is 0 Å². The summed E-state index contributed by atoms with van der Waals surface area (Å²) in [6, 6.07) is 7.96. The van der Waals surface area contributed by atoms with Gasteiger partial charge in [0.25, 0.3) is 5.91 Å². The van der Waals surface area contributed by atoms with E-state index < -0.39 is 18.3 Å². The number of halogens is 4. The number of anilines is 1. The van der Waals surface area contributed by atoms with Crippen molar-refractivity contribution in [1.82, 2.24) is 20.3 Å². The van der Waals surface area contributed by atoms with Crippen LogP contribution in [0.25, 0.3) is 11.3 Å². The van der Waals surface area contributed by atoms with Gasteiger partial charge in [-0.1, -0.05) is 11.6 Å². The number of alkyl halides is 2. The van der Waals surface area contributed by atoms with Crippen molar-refractivity contribution in [2.75, 3.05) is 5.73 Å². The van der Waals surface area contributed by atoms with E-state index in [9.17, 15) is 18.0 Å². The van der Waals surface area contributed by atoms with Crippen molar-refractivity contribution >= 4 is 23.3 Å². The summed E-state index contributed by atoms with van der Waals surface area (Å²) in [5.41, 5.74) is 6.46. The summed E-state index contributed by atoms with van der Waals surface area (Å²) in [7, 11) is 0.